The molecule has 0 atom stereocenters. The van der Waals surface area contributed by atoms with Gasteiger partial charge in [0.05, 0.1) is 10.6 Å². The van der Waals surface area contributed by atoms with Gasteiger partial charge in [0.1, 0.15) is 0 Å². The largest absolute Gasteiger partial charge is 0.241 e. The minimum absolute atomic E-state index is 0.301. The molecule has 0 amide bonds. The van der Waals surface area contributed by atoms with Crippen LogP contribution < -0.4 is 0 Å². The second-order valence-electron chi connectivity index (χ2n) is 3.22. The molecule has 1 heterocycles. The number of nitrogens with zero attached hydrogens (tertiary/aromatic N) is 2. The fraction of sp³-hybridized carbons (Fsp3) is 0.100. The molecule has 0 N–H and O–H groups in total. The van der Waals surface area contributed by atoms with Crippen LogP contribution in [0.4, 0.5) is 0 Å². The molecule has 0 spiro atoms. The molecule has 0 saturated heterocycles. The Balaban J connectivity index is 2.53. The van der Waals surface area contributed by atoms with Gasteiger partial charge in [-0.25, -0.2) is 13.1 Å². The molecule has 78 valence electrons. The fourth-order valence-corrected chi connectivity index (χ4v) is 1.94. The van der Waals surface area contributed by atoms with Crippen LogP contribution in [0.3, 0.4) is 0 Å². The van der Waals surface area contributed by atoms with E-state index in [1.165, 1.54) is 6.26 Å². The standard InChI is InChI=1S/C10H10N2O2S/c1-15(13,14)10-5-2-4-9(8-10)12-7-3-6-11-12/h2-8H,1H3. The molecule has 15 heavy (non-hydrogen) atoms. The Morgan fingerprint density at radius 3 is 2.67 bits per heavy atom. The van der Waals surface area contributed by atoms with E-state index in [1.807, 2.05) is 6.07 Å². The van der Waals surface area contributed by atoms with E-state index in [0.717, 1.165) is 5.69 Å². The van der Waals surface area contributed by atoms with E-state index in [1.54, 1.807) is 41.3 Å². The van der Waals surface area contributed by atoms with Gasteiger partial charge in [-0.05, 0) is 24.3 Å². The Morgan fingerprint density at radius 2 is 2.07 bits per heavy atom. The maximum absolute atomic E-state index is 11.3. The molecule has 0 fully saturated rings. The van der Waals surface area contributed by atoms with Crippen molar-refractivity contribution in [3.05, 3.63) is 42.7 Å². The zero-order valence-electron chi connectivity index (χ0n) is 8.16. The van der Waals surface area contributed by atoms with Gasteiger partial charge in [-0.3, -0.25) is 0 Å². The summed E-state index contributed by atoms with van der Waals surface area (Å²) >= 11 is 0. The lowest BCUT2D eigenvalue weighted by atomic mass is 10.3. The number of benzene rings is 1. The lowest BCUT2D eigenvalue weighted by Gasteiger charge is -2.03. The van der Waals surface area contributed by atoms with Crippen LogP contribution in [0.1, 0.15) is 0 Å². The van der Waals surface area contributed by atoms with Crippen molar-refractivity contribution in [3.63, 3.8) is 0 Å². The molecule has 4 nitrogen and oxygen atoms in total. The first-order valence-electron chi connectivity index (χ1n) is 4.37. The molecule has 0 unspecified atom stereocenters. The third-order valence-corrected chi connectivity index (χ3v) is 3.12. The normalized spacial score (nSPS) is 11.5. The van der Waals surface area contributed by atoms with Crippen molar-refractivity contribution in [2.45, 2.75) is 4.90 Å². The molecule has 0 aliphatic rings. The second-order valence-corrected chi connectivity index (χ2v) is 5.24. The Kier molecular flexibility index (Phi) is 2.32. The van der Waals surface area contributed by atoms with Crippen LogP contribution in [0.25, 0.3) is 5.69 Å². The molecule has 0 aliphatic heterocycles. The summed E-state index contributed by atoms with van der Waals surface area (Å²) in [6.45, 7) is 0. The second kappa shape index (κ2) is 3.51. The molecular formula is C10H10N2O2S. The van der Waals surface area contributed by atoms with Gasteiger partial charge in [0.25, 0.3) is 0 Å². The third kappa shape index (κ3) is 2.07. The maximum Gasteiger partial charge on any atom is 0.175 e. The summed E-state index contributed by atoms with van der Waals surface area (Å²) < 4.78 is 24.3. The summed E-state index contributed by atoms with van der Waals surface area (Å²) in [6, 6.07) is 8.47. The van der Waals surface area contributed by atoms with Crippen molar-refractivity contribution in [2.75, 3.05) is 6.26 Å². The van der Waals surface area contributed by atoms with Crippen molar-refractivity contribution < 1.29 is 8.42 Å². The van der Waals surface area contributed by atoms with Gasteiger partial charge in [-0.2, -0.15) is 5.10 Å². The maximum atomic E-state index is 11.3. The number of hydrogen-bond donors (Lipinski definition) is 0. The predicted octanol–water partition coefficient (Wildman–Crippen LogP) is 1.28. The van der Waals surface area contributed by atoms with Gasteiger partial charge in [0.2, 0.25) is 0 Å². The molecule has 0 radical (unpaired) electrons. The molecule has 1 aromatic carbocycles. The Morgan fingerprint density at radius 1 is 1.27 bits per heavy atom. The molecule has 2 rings (SSSR count). The summed E-state index contributed by atoms with van der Waals surface area (Å²) in [5, 5.41) is 4.03. The van der Waals surface area contributed by atoms with Gasteiger partial charge in [-0.1, -0.05) is 6.07 Å². The quantitative estimate of drug-likeness (QED) is 0.769. The lowest BCUT2D eigenvalue weighted by Crippen LogP contribution is -2.00. The van der Waals surface area contributed by atoms with E-state index in [4.69, 9.17) is 0 Å². The van der Waals surface area contributed by atoms with Gasteiger partial charge < -0.3 is 0 Å². The van der Waals surface area contributed by atoms with Crippen LogP contribution in [-0.2, 0) is 9.84 Å². The number of aromatic nitrogens is 2. The smallest absolute Gasteiger partial charge is 0.175 e. The summed E-state index contributed by atoms with van der Waals surface area (Å²) in [4.78, 5) is 0.301. The van der Waals surface area contributed by atoms with E-state index >= 15 is 0 Å². The van der Waals surface area contributed by atoms with Crippen molar-refractivity contribution in [3.8, 4) is 5.69 Å². The summed E-state index contributed by atoms with van der Waals surface area (Å²) in [7, 11) is -3.16. The van der Waals surface area contributed by atoms with E-state index in [-0.39, 0.29) is 0 Å². The van der Waals surface area contributed by atoms with Crippen molar-refractivity contribution in [1.82, 2.24) is 9.78 Å². The highest BCUT2D eigenvalue weighted by atomic mass is 32.2. The van der Waals surface area contributed by atoms with Crippen molar-refractivity contribution in [1.29, 1.82) is 0 Å². The van der Waals surface area contributed by atoms with E-state index in [9.17, 15) is 8.42 Å². The highest BCUT2D eigenvalue weighted by Crippen LogP contribution is 2.13. The molecule has 1 aromatic heterocycles. The van der Waals surface area contributed by atoms with Gasteiger partial charge in [0, 0.05) is 18.6 Å². The van der Waals surface area contributed by atoms with Crippen LogP contribution in [0, 0.1) is 0 Å². The number of hydrogen-bond acceptors (Lipinski definition) is 3. The summed E-state index contributed by atoms with van der Waals surface area (Å²) in [6.07, 6.45) is 4.60. The SMILES string of the molecule is CS(=O)(=O)c1cccc(-n2cccn2)c1. The molecule has 0 bridgehead atoms. The Bertz CT molecular complexity index is 559. The van der Waals surface area contributed by atoms with E-state index in [2.05, 4.69) is 5.10 Å². The van der Waals surface area contributed by atoms with E-state index in [0.29, 0.717) is 4.90 Å². The molecule has 2 aromatic rings. The van der Waals surface area contributed by atoms with Crippen LogP contribution >= 0.6 is 0 Å². The van der Waals surface area contributed by atoms with Crippen molar-refractivity contribution in [2.24, 2.45) is 0 Å². The summed E-state index contributed by atoms with van der Waals surface area (Å²) in [5.41, 5.74) is 0.739. The zero-order chi connectivity index (χ0) is 10.9. The first-order valence-corrected chi connectivity index (χ1v) is 6.27. The van der Waals surface area contributed by atoms with Gasteiger partial charge >= 0.3 is 0 Å². The monoisotopic (exact) mass is 222 g/mol. The van der Waals surface area contributed by atoms with Crippen LogP contribution in [-0.4, -0.2) is 24.5 Å². The average Bonchev–Trinajstić information content (AvgIpc) is 2.69. The Hall–Kier alpha value is -1.62. The van der Waals surface area contributed by atoms with Crippen LogP contribution in [0.2, 0.25) is 0 Å². The number of sulfone groups is 1. The molecule has 0 aliphatic carbocycles. The molecule has 5 heteroatoms. The number of rotatable bonds is 2. The lowest BCUT2D eigenvalue weighted by molar-refractivity contribution is 0.601. The first-order chi connectivity index (χ1) is 7.07. The molecule has 0 saturated carbocycles. The highest BCUT2D eigenvalue weighted by molar-refractivity contribution is 7.90. The van der Waals surface area contributed by atoms with Crippen LogP contribution in [0.15, 0.2) is 47.6 Å². The minimum Gasteiger partial charge on any atom is -0.241 e. The van der Waals surface area contributed by atoms with Gasteiger partial charge in [-0.15, -0.1) is 0 Å². The minimum atomic E-state index is -3.16. The molecular weight excluding hydrogens is 212 g/mol. The van der Waals surface area contributed by atoms with Crippen molar-refractivity contribution >= 4 is 9.84 Å². The van der Waals surface area contributed by atoms with Gasteiger partial charge in [0.15, 0.2) is 9.84 Å². The predicted molar refractivity (Wildman–Crippen MR) is 56.7 cm³/mol. The third-order valence-electron chi connectivity index (χ3n) is 2.01. The fourth-order valence-electron chi connectivity index (χ4n) is 1.28. The average molecular weight is 222 g/mol. The first kappa shape index (κ1) is 9.92. The highest BCUT2D eigenvalue weighted by Gasteiger charge is 2.07. The topological polar surface area (TPSA) is 52.0 Å². The zero-order valence-corrected chi connectivity index (χ0v) is 8.98. The Labute approximate surface area is 88.1 Å². The van der Waals surface area contributed by atoms with Crippen LogP contribution in [0.5, 0.6) is 0 Å². The summed E-state index contributed by atoms with van der Waals surface area (Å²) in [5.74, 6) is 0. The van der Waals surface area contributed by atoms with E-state index < -0.39 is 9.84 Å².